The minimum atomic E-state index is -0.364. The van der Waals surface area contributed by atoms with Crippen LogP contribution < -0.4 is 16.0 Å². The predicted octanol–water partition coefficient (Wildman–Crippen LogP) is 2.40. The highest BCUT2D eigenvalue weighted by Gasteiger charge is 2.42. The van der Waals surface area contributed by atoms with Crippen molar-refractivity contribution in [2.24, 2.45) is 17.7 Å². The molecule has 0 aromatic heterocycles. The van der Waals surface area contributed by atoms with Crippen molar-refractivity contribution < 1.29 is 13.9 Å². The van der Waals surface area contributed by atoms with Gasteiger partial charge < -0.3 is 9.47 Å². The number of hydrazine groups is 1. The van der Waals surface area contributed by atoms with Gasteiger partial charge in [0.2, 0.25) is 0 Å². The predicted molar refractivity (Wildman–Crippen MR) is 75.7 cm³/mol. The van der Waals surface area contributed by atoms with Crippen LogP contribution in [0, 0.1) is 17.7 Å². The number of halogens is 1. The Morgan fingerprint density at radius 3 is 2.50 bits per heavy atom. The second-order valence-electron chi connectivity index (χ2n) is 5.49. The molecule has 0 spiro atoms. The highest BCUT2D eigenvalue weighted by molar-refractivity contribution is 5.33. The van der Waals surface area contributed by atoms with E-state index in [0.717, 1.165) is 0 Å². The maximum atomic E-state index is 14.5. The Balaban J connectivity index is 2.38. The minimum Gasteiger partial charge on any atom is -0.494 e. The van der Waals surface area contributed by atoms with Crippen LogP contribution in [-0.2, 0) is 4.74 Å². The number of hydrogen-bond donors (Lipinski definition) is 2. The number of hydrogen-bond acceptors (Lipinski definition) is 4. The Morgan fingerprint density at radius 1 is 1.30 bits per heavy atom. The lowest BCUT2D eigenvalue weighted by Gasteiger charge is -2.29. The van der Waals surface area contributed by atoms with Crippen LogP contribution >= 0.6 is 0 Å². The van der Waals surface area contributed by atoms with E-state index in [-0.39, 0.29) is 41.7 Å². The zero-order valence-corrected chi connectivity index (χ0v) is 12.4. The molecular weight excluding hydrogens is 259 g/mol. The highest BCUT2D eigenvalue weighted by Crippen LogP contribution is 2.41. The lowest BCUT2D eigenvalue weighted by Crippen LogP contribution is -2.39. The summed E-state index contributed by atoms with van der Waals surface area (Å²) in [5.41, 5.74) is 3.28. The van der Waals surface area contributed by atoms with Crippen molar-refractivity contribution in [2.75, 3.05) is 7.11 Å². The molecule has 1 aromatic rings. The molecule has 0 saturated carbocycles. The molecule has 2 rings (SSSR count). The van der Waals surface area contributed by atoms with Crippen LogP contribution in [0.15, 0.2) is 18.2 Å². The summed E-state index contributed by atoms with van der Waals surface area (Å²) in [5, 5.41) is 0. The summed E-state index contributed by atoms with van der Waals surface area (Å²) in [7, 11) is 1.46. The lowest BCUT2D eigenvalue weighted by molar-refractivity contribution is 0.0473. The smallest absolute Gasteiger partial charge is 0.169 e. The van der Waals surface area contributed by atoms with Crippen LogP contribution in [0.2, 0.25) is 0 Å². The second kappa shape index (κ2) is 6.08. The molecule has 5 unspecified atom stereocenters. The van der Waals surface area contributed by atoms with Crippen LogP contribution in [0.4, 0.5) is 4.39 Å². The van der Waals surface area contributed by atoms with E-state index in [0.29, 0.717) is 5.56 Å². The van der Waals surface area contributed by atoms with Gasteiger partial charge in [-0.1, -0.05) is 19.1 Å². The van der Waals surface area contributed by atoms with Crippen molar-refractivity contribution >= 4 is 0 Å². The molecular formula is C15H23FN2O2. The van der Waals surface area contributed by atoms with Crippen molar-refractivity contribution in [3.63, 3.8) is 0 Å². The molecule has 1 fully saturated rings. The van der Waals surface area contributed by atoms with Crippen molar-refractivity contribution in [2.45, 2.75) is 39.0 Å². The topological polar surface area (TPSA) is 56.5 Å². The summed E-state index contributed by atoms with van der Waals surface area (Å²) in [6, 6.07) is 4.81. The Kier molecular flexibility index (Phi) is 4.62. The van der Waals surface area contributed by atoms with Gasteiger partial charge in [-0.2, -0.15) is 0 Å². The molecule has 4 nitrogen and oxygen atoms in total. The molecule has 112 valence electrons. The van der Waals surface area contributed by atoms with E-state index in [1.165, 1.54) is 7.11 Å². The van der Waals surface area contributed by atoms with Crippen molar-refractivity contribution in [1.29, 1.82) is 0 Å². The van der Waals surface area contributed by atoms with Gasteiger partial charge in [0.1, 0.15) is 0 Å². The molecule has 1 saturated heterocycles. The van der Waals surface area contributed by atoms with Gasteiger partial charge in [-0.25, -0.2) is 4.39 Å². The van der Waals surface area contributed by atoms with E-state index in [4.69, 9.17) is 15.3 Å². The zero-order valence-electron chi connectivity index (χ0n) is 12.4. The lowest BCUT2D eigenvalue weighted by atomic mass is 9.80. The normalized spacial score (nSPS) is 31.3. The number of methoxy groups -OCH3 is 1. The maximum absolute atomic E-state index is 14.5. The van der Waals surface area contributed by atoms with Gasteiger partial charge in [0.25, 0.3) is 0 Å². The third-order valence-corrected chi connectivity index (χ3v) is 4.43. The monoisotopic (exact) mass is 282 g/mol. The molecule has 1 aliphatic heterocycles. The molecule has 0 bridgehead atoms. The largest absolute Gasteiger partial charge is 0.494 e. The number of nitrogens with one attached hydrogen (secondary N) is 1. The zero-order chi connectivity index (χ0) is 14.9. The third-order valence-electron chi connectivity index (χ3n) is 4.43. The molecule has 1 aliphatic rings. The van der Waals surface area contributed by atoms with Crippen molar-refractivity contribution in [3.8, 4) is 5.75 Å². The van der Waals surface area contributed by atoms with E-state index >= 15 is 0 Å². The maximum Gasteiger partial charge on any atom is 0.169 e. The van der Waals surface area contributed by atoms with E-state index < -0.39 is 0 Å². The van der Waals surface area contributed by atoms with Gasteiger partial charge in [0.05, 0.1) is 25.4 Å². The Bertz CT molecular complexity index is 469. The van der Waals surface area contributed by atoms with Crippen molar-refractivity contribution in [3.05, 3.63) is 29.6 Å². The van der Waals surface area contributed by atoms with E-state index in [9.17, 15) is 4.39 Å². The highest BCUT2D eigenvalue weighted by atomic mass is 19.1. The molecule has 5 atom stereocenters. The van der Waals surface area contributed by atoms with Crippen molar-refractivity contribution in [1.82, 2.24) is 5.43 Å². The molecule has 0 radical (unpaired) electrons. The van der Waals surface area contributed by atoms with E-state index in [1.54, 1.807) is 18.2 Å². The fraction of sp³-hybridized carbons (Fsp3) is 0.600. The van der Waals surface area contributed by atoms with Gasteiger partial charge in [-0.3, -0.25) is 11.3 Å². The Labute approximate surface area is 119 Å². The van der Waals surface area contributed by atoms with Crippen LogP contribution in [0.25, 0.3) is 0 Å². The number of ether oxygens (including phenoxy) is 2. The molecule has 20 heavy (non-hydrogen) atoms. The first kappa shape index (κ1) is 15.2. The molecule has 1 heterocycles. The van der Waals surface area contributed by atoms with E-state index in [2.05, 4.69) is 12.3 Å². The fourth-order valence-electron chi connectivity index (χ4n) is 3.20. The van der Waals surface area contributed by atoms with Crippen LogP contribution in [0.5, 0.6) is 5.75 Å². The summed E-state index contributed by atoms with van der Waals surface area (Å²) >= 11 is 0. The van der Waals surface area contributed by atoms with Gasteiger partial charge in [0.15, 0.2) is 11.6 Å². The van der Waals surface area contributed by atoms with Gasteiger partial charge in [0, 0.05) is 11.5 Å². The van der Waals surface area contributed by atoms with Crippen LogP contribution in [0.3, 0.4) is 0 Å². The first-order valence-electron chi connectivity index (χ1n) is 6.95. The summed E-state index contributed by atoms with van der Waals surface area (Å²) in [6.07, 6.45) is 0.158. The third kappa shape index (κ3) is 2.53. The fourth-order valence-corrected chi connectivity index (χ4v) is 3.20. The molecule has 3 N–H and O–H groups in total. The molecule has 1 aromatic carbocycles. The first-order chi connectivity index (χ1) is 9.51. The summed E-state index contributed by atoms with van der Waals surface area (Å²) in [5.74, 6) is 5.97. The number of nitrogens with two attached hydrogens (primary N) is 1. The summed E-state index contributed by atoms with van der Waals surface area (Å²) in [4.78, 5) is 0. The number of rotatable bonds is 4. The molecule has 5 heteroatoms. The first-order valence-corrected chi connectivity index (χ1v) is 6.95. The van der Waals surface area contributed by atoms with Gasteiger partial charge in [-0.15, -0.1) is 0 Å². The average molecular weight is 282 g/mol. The SMILES string of the molecule is COc1cccc(C(NN)C2C(C)OC(C)C2C)c1F. The summed E-state index contributed by atoms with van der Waals surface area (Å²) in [6.45, 7) is 6.16. The second-order valence-corrected chi connectivity index (χ2v) is 5.49. The Morgan fingerprint density at radius 2 is 2.00 bits per heavy atom. The molecule has 0 aliphatic carbocycles. The summed E-state index contributed by atoms with van der Waals surface area (Å²) < 4.78 is 25.3. The minimum absolute atomic E-state index is 0.0200. The van der Waals surface area contributed by atoms with Crippen LogP contribution in [-0.4, -0.2) is 19.3 Å². The standard InChI is InChI=1S/C15H23FN2O2/c1-8-9(2)20-10(3)13(8)15(18-17)11-6-5-7-12(19-4)14(11)16/h5-10,13,15,18H,17H2,1-4H3. The average Bonchev–Trinajstić information content (AvgIpc) is 2.68. The number of benzene rings is 1. The Hall–Kier alpha value is -1.17. The quantitative estimate of drug-likeness (QED) is 0.657. The van der Waals surface area contributed by atoms with Crippen LogP contribution in [0.1, 0.15) is 32.4 Å². The molecule has 0 amide bonds. The van der Waals surface area contributed by atoms with E-state index in [1.807, 2.05) is 13.8 Å². The van der Waals surface area contributed by atoms with Gasteiger partial charge >= 0.3 is 0 Å². The van der Waals surface area contributed by atoms with Gasteiger partial charge in [-0.05, 0) is 25.8 Å².